The van der Waals surface area contributed by atoms with E-state index < -0.39 is 28.5 Å². The number of nitrogens with zero attached hydrogens (tertiary/aromatic N) is 2. The molecule has 39 heavy (non-hydrogen) atoms. The summed E-state index contributed by atoms with van der Waals surface area (Å²) in [5, 5.41) is 3.03. The van der Waals surface area contributed by atoms with Crippen molar-refractivity contribution in [1.29, 1.82) is 0 Å². The maximum absolute atomic E-state index is 13.9. The lowest BCUT2D eigenvalue weighted by Crippen LogP contribution is -2.52. The van der Waals surface area contributed by atoms with Gasteiger partial charge in [0.2, 0.25) is 11.8 Å². The van der Waals surface area contributed by atoms with Crippen molar-refractivity contribution in [2.24, 2.45) is 0 Å². The SMILES string of the molecule is COc1ccc(N(CC(=O)N(Cc2ccc(C)cc2)[C@H](C)C(=O)NC(C)C)S(=O)(=O)c2ccccc2)cc1Cl. The van der Waals surface area contributed by atoms with Gasteiger partial charge in [-0.1, -0.05) is 59.6 Å². The molecular formula is C29H34ClN3O5S. The van der Waals surface area contributed by atoms with Crippen molar-refractivity contribution < 1.29 is 22.7 Å². The van der Waals surface area contributed by atoms with Crippen LogP contribution in [0.15, 0.2) is 77.7 Å². The van der Waals surface area contributed by atoms with Crippen molar-refractivity contribution in [3.63, 3.8) is 0 Å². The third-order valence-corrected chi connectivity index (χ3v) is 8.19. The Hall–Kier alpha value is -3.56. The Balaban J connectivity index is 2.05. The first-order valence-electron chi connectivity index (χ1n) is 12.5. The Labute approximate surface area is 235 Å². The summed E-state index contributed by atoms with van der Waals surface area (Å²) < 4.78 is 33.8. The van der Waals surface area contributed by atoms with E-state index in [1.807, 2.05) is 45.0 Å². The molecule has 8 nitrogen and oxygen atoms in total. The van der Waals surface area contributed by atoms with Crippen LogP contribution in [0.5, 0.6) is 5.75 Å². The molecule has 0 saturated carbocycles. The van der Waals surface area contributed by atoms with Crippen molar-refractivity contribution in [3.8, 4) is 5.75 Å². The van der Waals surface area contributed by atoms with Crippen LogP contribution in [0.2, 0.25) is 5.02 Å². The molecule has 0 aliphatic carbocycles. The topological polar surface area (TPSA) is 96.0 Å². The van der Waals surface area contributed by atoms with Crippen molar-refractivity contribution >= 4 is 39.1 Å². The van der Waals surface area contributed by atoms with E-state index in [1.165, 1.54) is 36.3 Å². The van der Waals surface area contributed by atoms with Gasteiger partial charge >= 0.3 is 0 Å². The predicted molar refractivity (Wildman–Crippen MR) is 153 cm³/mol. The van der Waals surface area contributed by atoms with Gasteiger partial charge in [-0.3, -0.25) is 13.9 Å². The number of aryl methyl sites for hydroxylation is 1. The minimum absolute atomic E-state index is 0.0143. The van der Waals surface area contributed by atoms with Gasteiger partial charge in [0.1, 0.15) is 18.3 Å². The second kappa shape index (κ2) is 13.0. The van der Waals surface area contributed by atoms with Gasteiger partial charge in [-0.15, -0.1) is 0 Å². The summed E-state index contributed by atoms with van der Waals surface area (Å²) in [6, 6.07) is 18.9. The molecule has 0 radical (unpaired) electrons. The van der Waals surface area contributed by atoms with E-state index >= 15 is 0 Å². The van der Waals surface area contributed by atoms with Crippen LogP contribution >= 0.6 is 11.6 Å². The third kappa shape index (κ3) is 7.52. The highest BCUT2D eigenvalue weighted by Gasteiger charge is 2.33. The average Bonchev–Trinajstić information content (AvgIpc) is 2.90. The molecule has 0 aliphatic heterocycles. The molecule has 0 heterocycles. The highest BCUT2D eigenvalue weighted by molar-refractivity contribution is 7.92. The van der Waals surface area contributed by atoms with E-state index in [0.717, 1.165) is 15.4 Å². The van der Waals surface area contributed by atoms with Crippen molar-refractivity contribution in [1.82, 2.24) is 10.2 Å². The first-order chi connectivity index (χ1) is 18.4. The molecule has 2 amide bonds. The summed E-state index contributed by atoms with van der Waals surface area (Å²) in [6.07, 6.45) is 0. The number of halogens is 1. The van der Waals surface area contributed by atoms with E-state index in [-0.39, 0.29) is 34.1 Å². The highest BCUT2D eigenvalue weighted by atomic mass is 35.5. The molecule has 0 saturated heterocycles. The van der Waals surface area contributed by atoms with Crippen LogP contribution in [0.1, 0.15) is 31.9 Å². The van der Waals surface area contributed by atoms with Crippen molar-refractivity contribution in [2.75, 3.05) is 18.0 Å². The molecule has 0 unspecified atom stereocenters. The summed E-state index contributed by atoms with van der Waals surface area (Å²) in [5.41, 5.74) is 2.05. The Kier molecular flexibility index (Phi) is 9.99. The Morgan fingerprint density at radius 3 is 2.18 bits per heavy atom. The lowest BCUT2D eigenvalue weighted by molar-refractivity contribution is -0.139. The van der Waals surface area contributed by atoms with Crippen LogP contribution in [0, 0.1) is 6.92 Å². The number of nitrogens with one attached hydrogen (secondary N) is 1. The highest BCUT2D eigenvalue weighted by Crippen LogP contribution is 2.32. The molecule has 10 heteroatoms. The summed E-state index contributed by atoms with van der Waals surface area (Å²) in [4.78, 5) is 28.3. The lowest BCUT2D eigenvalue weighted by atomic mass is 10.1. The van der Waals surface area contributed by atoms with Crippen LogP contribution in [-0.2, 0) is 26.2 Å². The molecule has 1 N–H and O–H groups in total. The number of methoxy groups -OCH3 is 1. The van der Waals surface area contributed by atoms with Gasteiger partial charge in [-0.2, -0.15) is 0 Å². The van der Waals surface area contributed by atoms with Gasteiger partial charge in [0.15, 0.2) is 0 Å². The van der Waals surface area contributed by atoms with Gasteiger partial charge in [0.05, 0.1) is 22.7 Å². The maximum atomic E-state index is 13.9. The molecule has 1 atom stereocenters. The Morgan fingerprint density at radius 2 is 1.62 bits per heavy atom. The van der Waals surface area contributed by atoms with Gasteiger partial charge in [-0.05, 0) is 63.6 Å². The summed E-state index contributed by atoms with van der Waals surface area (Å²) in [6.45, 7) is 6.82. The van der Waals surface area contributed by atoms with Crippen LogP contribution in [0.3, 0.4) is 0 Å². The second-order valence-electron chi connectivity index (χ2n) is 9.49. The number of hydrogen-bond acceptors (Lipinski definition) is 5. The largest absolute Gasteiger partial charge is 0.495 e. The van der Waals surface area contributed by atoms with Crippen LogP contribution in [-0.4, -0.2) is 50.9 Å². The smallest absolute Gasteiger partial charge is 0.264 e. The minimum Gasteiger partial charge on any atom is -0.495 e. The molecule has 0 aliphatic rings. The molecule has 0 aromatic heterocycles. The van der Waals surface area contributed by atoms with Gasteiger partial charge in [-0.25, -0.2) is 8.42 Å². The first kappa shape index (κ1) is 30.0. The molecule has 3 aromatic carbocycles. The number of anilines is 1. The van der Waals surface area contributed by atoms with E-state index in [2.05, 4.69) is 5.32 Å². The van der Waals surface area contributed by atoms with Crippen molar-refractivity contribution in [2.45, 2.75) is 51.2 Å². The van der Waals surface area contributed by atoms with Gasteiger partial charge < -0.3 is 15.0 Å². The zero-order valence-corrected chi connectivity index (χ0v) is 24.3. The molecule has 208 valence electrons. The van der Waals surface area contributed by atoms with Crippen LogP contribution in [0.4, 0.5) is 5.69 Å². The quantitative estimate of drug-likeness (QED) is 0.357. The van der Waals surface area contributed by atoms with E-state index in [9.17, 15) is 18.0 Å². The van der Waals surface area contributed by atoms with Crippen molar-refractivity contribution in [3.05, 3.63) is 88.9 Å². The minimum atomic E-state index is -4.18. The number of ether oxygens (including phenoxy) is 1. The van der Waals surface area contributed by atoms with E-state index in [4.69, 9.17) is 16.3 Å². The molecule has 0 spiro atoms. The zero-order chi connectivity index (χ0) is 28.7. The molecule has 0 fully saturated rings. The number of amides is 2. The van der Waals surface area contributed by atoms with Crippen LogP contribution in [0.25, 0.3) is 0 Å². The number of hydrogen-bond donors (Lipinski definition) is 1. The normalized spacial score (nSPS) is 12.1. The maximum Gasteiger partial charge on any atom is 0.264 e. The Morgan fingerprint density at radius 1 is 0.974 bits per heavy atom. The first-order valence-corrected chi connectivity index (χ1v) is 14.3. The fourth-order valence-electron chi connectivity index (χ4n) is 3.94. The Bertz CT molecular complexity index is 1400. The number of sulfonamides is 1. The lowest BCUT2D eigenvalue weighted by Gasteiger charge is -2.32. The monoisotopic (exact) mass is 571 g/mol. The number of benzene rings is 3. The second-order valence-corrected chi connectivity index (χ2v) is 11.8. The molecule has 0 bridgehead atoms. The van der Waals surface area contributed by atoms with E-state index in [1.54, 1.807) is 31.2 Å². The third-order valence-electron chi connectivity index (χ3n) is 6.11. The van der Waals surface area contributed by atoms with E-state index in [0.29, 0.717) is 5.75 Å². The van der Waals surface area contributed by atoms with Gasteiger partial charge in [0, 0.05) is 12.6 Å². The average molecular weight is 572 g/mol. The number of rotatable bonds is 11. The molecule has 3 rings (SSSR count). The summed E-state index contributed by atoms with van der Waals surface area (Å²) in [5.74, 6) is -0.521. The fraction of sp³-hybridized carbons (Fsp3) is 0.310. The predicted octanol–water partition coefficient (Wildman–Crippen LogP) is 4.79. The summed E-state index contributed by atoms with van der Waals surface area (Å²) >= 11 is 6.33. The standard InChI is InChI=1S/C29H34ClN3O5S/c1-20(2)31-29(35)22(4)32(18-23-13-11-21(3)12-14-23)28(34)19-33(24-15-16-27(38-5)26(30)17-24)39(36,37)25-9-7-6-8-10-25/h6-17,20,22H,18-19H2,1-5H3,(H,31,35)/t22-/m1/s1. The number of carbonyl (C=O) groups is 2. The zero-order valence-electron chi connectivity index (χ0n) is 22.7. The van der Waals surface area contributed by atoms with Crippen LogP contribution < -0.4 is 14.4 Å². The van der Waals surface area contributed by atoms with Gasteiger partial charge in [0.25, 0.3) is 10.0 Å². The summed E-state index contributed by atoms with van der Waals surface area (Å²) in [7, 11) is -2.72. The molecular weight excluding hydrogens is 538 g/mol. The fourth-order valence-corrected chi connectivity index (χ4v) is 5.62. The molecule has 3 aromatic rings. The number of carbonyl (C=O) groups excluding carboxylic acids is 2.